The van der Waals surface area contributed by atoms with Crippen molar-refractivity contribution in [2.24, 2.45) is 0 Å². The van der Waals surface area contributed by atoms with Gasteiger partial charge < -0.3 is 38.9 Å². The van der Waals surface area contributed by atoms with Crippen LogP contribution in [0, 0.1) is 0 Å². The summed E-state index contributed by atoms with van der Waals surface area (Å²) in [5, 5.41) is 23.9. The second-order valence-electron chi connectivity index (χ2n) is 8.94. The number of ether oxygens (including phenoxy) is 4. The first-order valence-electron chi connectivity index (χ1n) is 12.2. The highest BCUT2D eigenvalue weighted by Crippen LogP contribution is 2.53. The van der Waals surface area contributed by atoms with Crippen LogP contribution in [0.2, 0.25) is 0 Å². The molecule has 1 atom stereocenters. The van der Waals surface area contributed by atoms with E-state index in [4.69, 9.17) is 23.4 Å². The number of para-hydroxylation sites is 1. The summed E-state index contributed by atoms with van der Waals surface area (Å²) >= 11 is 0. The van der Waals surface area contributed by atoms with Gasteiger partial charge in [-0.25, -0.2) is 4.79 Å². The van der Waals surface area contributed by atoms with Crippen LogP contribution in [0.25, 0.3) is 11.0 Å². The number of rotatable bonds is 9. The summed E-state index contributed by atoms with van der Waals surface area (Å²) in [4.78, 5) is 26.5. The van der Waals surface area contributed by atoms with E-state index in [0.717, 1.165) is 5.56 Å². The van der Waals surface area contributed by atoms with Crippen LogP contribution in [0.1, 0.15) is 29.0 Å². The maximum absolute atomic E-state index is 13.3. The minimum absolute atomic E-state index is 0.0583. The molecular formula is C29H27NO9. The molecule has 1 aliphatic rings. The number of phenols is 1. The first kappa shape index (κ1) is 25.8. The van der Waals surface area contributed by atoms with Crippen molar-refractivity contribution in [3.63, 3.8) is 0 Å². The van der Waals surface area contributed by atoms with E-state index < -0.39 is 11.5 Å². The quantitative estimate of drug-likeness (QED) is 0.274. The van der Waals surface area contributed by atoms with Crippen LogP contribution in [-0.4, -0.2) is 43.7 Å². The van der Waals surface area contributed by atoms with E-state index in [2.05, 4.69) is 5.32 Å². The van der Waals surface area contributed by atoms with Crippen LogP contribution in [-0.2, 0) is 11.2 Å². The van der Waals surface area contributed by atoms with Gasteiger partial charge in [0, 0.05) is 24.4 Å². The summed E-state index contributed by atoms with van der Waals surface area (Å²) in [5.41, 5.74) is 0.647. The van der Waals surface area contributed by atoms with Crippen LogP contribution in [0.15, 0.2) is 63.8 Å². The number of aromatic hydroxyl groups is 2. The third kappa shape index (κ3) is 5.00. The van der Waals surface area contributed by atoms with Crippen LogP contribution < -0.4 is 29.9 Å². The number of hydrogen-bond donors (Lipinski definition) is 3. The maximum atomic E-state index is 13.3. The molecule has 10 heteroatoms. The van der Waals surface area contributed by atoms with Crippen molar-refractivity contribution < 1.29 is 38.4 Å². The molecule has 202 valence electrons. The van der Waals surface area contributed by atoms with Crippen LogP contribution in [0.5, 0.6) is 34.5 Å². The van der Waals surface area contributed by atoms with Crippen molar-refractivity contribution in [2.75, 3.05) is 27.6 Å². The Morgan fingerprint density at radius 2 is 1.77 bits per heavy atom. The van der Waals surface area contributed by atoms with Gasteiger partial charge in [-0.05, 0) is 42.3 Å². The predicted molar refractivity (Wildman–Crippen MR) is 141 cm³/mol. The molecule has 0 fully saturated rings. The van der Waals surface area contributed by atoms with E-state index in [9.17, 15) is 19.8 Å². The molecule has 0 saturated heterocycles. The van der Waals surface area contributed by atoms with Gasteiger partial charge in [-0.1, -0.05) is 24.3 Å². The van der Waals surface area contributed by atoms with Crippen molar-refractivity contribution in [3.8, 4) is 34.5 Å². The van der Waals surface area contributed by atoms with E-state index >= 15 is 0 Å². The predicted octanol–water partition coefficient (Wildman–Crippen LogP) is 3.83. The second-order valence-corrected chi connectivity index (χ2v) is 8.94. The smallest absolute Gasteiger partial charge is 0.343 e. The molecule has 0 aliphatic carbocycles. The van der Waals surface area contributed by atoms with Crippen LogP contribution in [0.3, 0.4) is 0 Å². The minimum atomic E-state index is -0.988. The molecule has 0 bridgehead atoms. The highest BCUT2D eigenvalue weighted by Gasteiger charge is 2.35. The average Bonchev–Trinajstić information content (AvgIpc) is 3.43. The number of benzene rings is 3. The lowest BCUT2D eigenvalue weighted by Crippen LogP contribution is -2.29. The molecule has 3 N–H and O–H groups in total. The van der Waals surface area contributed by atoms with Gasteiger partial charge in [0.2, 0.25) is 24.2 Å². The molecular weight excluding hydrogens is 506 g/mol. The van der Waals surface area contributed by atoms with Gasteiger partial charge in [-0.3, -0.25) is 4.79 Å². The lowest BCUT2D eigenvalue weighted by Gasteiger charge is -2.22. The summed E-state index contributed by atoms with van der Waals surface area (Å²) in [6.45, 7) is 0.257. The topological polar surface area (TPSA) is 137 Å². The van der Waals surface area contributed by atoms with Crippen LogP contribution >= 0.6 is 0 Å². The molecule has 4 aromatic rings. The van der Waals surface area contributed by atoms with Crippen molar-refractivity contribution in [3.05, 3.63) is 81.7 Å². The number of hydrogen-bond acceptors (Lipinski definition) is 9. The van der Waals surface area contributed by atoms with Gasteiger partial charge in [-0.2, -0.15) is 0 Å². The van der Waals surface area contributed by atoms with Gasteiger partial charge in [-0.15, -0.1) is 0 Å². The Morgan fingerprint density at radius 3 is 2.51 bits per heavy atom. The fourth-order valence-corrected chi connectivity index (χ4v) is 4.74. The minimum Gasteiger partial charge on any atom is -0.508 e. The van der Waals surface area contributed by atoms with Crippen molar-refractivity contribution in [2.45, 2.75) is 18.8 Å². The zero-order valence-corrected chi connectivity index (χ0v) is 21.4. The van der Waals surface area contributed by atoms with E-state index in [0.29, 0.717) is 35.4 Å². The third-order valence-electron chi connectivity index (χ3n) is 6.62. The highest BCUT2D eigenvalue weighted by atomic mass is 16.7. The Hall–Kier alpha value is -4.86. The van der Waals surface area contributed by atoms with E-state index in [1.54, 1.807) is 54.6 Å². The van der Waals surface area contributed by atoms with E-state index in [1.165, 1.54) is 14.2 Å². The number of fused-ring (bicyclic) bond motifs is 2. The Morgan fingerprint density at radius 1 is 1.03 bits per heavy atom. The Balaban J connectivity index is 1.55. The molecule has 0 radical (unpaired) electrons. The fraction of sp³-hybridized carbons (Fsp3) is 0.241. The summed E-state index contributed by atoms with van der Waals surface area (Å²) in [7, 11) is 2.89. The number of carbonyl (C=O) groups excluding carboxylic acids is 1. The summed E-state index contributed by atoms with van der Waals surface area (Å²) in [5.74, 6) is -0.311. The second kappa shape index (κ2) is 10.9. The third-order valence-corrected chi connectivity index (χ3v) is 6.62. The molecule has 1 aromatic heterocycles. The maximum Gasteiger partial charge on any atom is 0.343 e. The molecule has 0 spiro atoms. The molecule has 0 saturated carbocycles. The summed E-state index contributed by atoms with van der Waals surface area (Å²) in [6.07, 6.45) is 0.312. The van der Waals surface area contributed by atoms with Gasteiger partial charge in [0.15, 0.2) is 11.5 Å². The zero-order valence-electron chi connectivity index (χ0n) is 21.4. The largest absolute Gasteiger partial charge is 0.508 e. The lowest BCUT2D eigenvalue weighted by molar-refractivity contribution is -0.121. The van der Waals surface area contributed by atoms with E-state index in [-0.39, 0.29) is 53.3 Å². The Labute approximate surface area is 223 Å². The lowest BCUT2D eigenvalue weighted by atomic mass is 9.86. The molecule has 1 amide bonds. The van der Waals surface area contributed by atoms with Crippen molar-refractivity contribution >= 4 is 16.9 Å². The molecule has 5 rings (SSSR count). The summed E-state index contributed by atoms with van der Waals surface area (Å²) in [6, 6.07) is 14.9. The fourth-order valence-electron chi connectivity index (χ4n) is 4.74. The number of methoxy groups -OCH3 is 2. The summed E-state index contributed by atoms with van der Waals surface area (Å²) < 4.78 is 27.9. The number of phenolic OH excluding ortho intramolecular Hbond substituents is 1. The van der Waals surface area contributed by atoms with Gasteiger partial charge in [0.1, 0.15) is 17.1 Å². The number of carbonyl (C=O) groups is 1. The first-order chi connectivity index (χ1) is 18.9. The zero-order chi connectivity index (χ0) is 27.5. The van der Waals surface area contributed by atoms with Gasteiger partial charge >= 0.3 is 5.63 Å². The molecule has 39 heavy (non-hydrogen) atoms. The Kier molecular flexibility index (Phi) is 7.18. The average molecular weight is 534 g/mol. The number of nitrogens with one attached hydrogen (secondary N) is 1. The normalized spacial score (nSPS) is 12.8. The molecule has 1 unspecified atom stereocenters. The Bertz CT molecular complexity index is 1580. The van der Waals surface area contributed by atoms with Gasteiger partial charge in [0.05, 0.1) is 25.2 Å². The molecule has 10 nitrogen and oxygen atoms in total. The monoisotopic (exact) mass is 533 g/mol. The van der Waals surface area contributed by atoms with Gasteiger partial charge in [0.25, 0.3) is 0 Å². The standard InChI is InChI=1S/C29H27NO9/c1-35-22-13-20(26(36-2)28-27(22)37-15-38-28)19(14-23(32)30-12-11-16-7-9-17(31)10-8-16)24-25(33)18-5-3-4-6-21(18)39-29(24)34/h3-10,13,19,31,33H,11-12,14-15H2,1-2H3,(H,30,32). The van der Waals surface area contributed by atoms with Crippen LogP contribution in [0.4, 0.5) is 0 Å². The molecule has 3 aromatic carbocycles. The highest BCUT2D eigenvalue weighted by molar-refractivity contribution is 5.85. The van der Waals surface area contributed by atoms with E-state index in [1.807, 2.05) is 0 Å². The molecule has 1 aliphatic heterocycles. The van der Waals surface area contributed by atoms with Crippen molar-refractivity contribution in [1.82, 2.24) is 5.32 Å². The van der Waals surface area contributed by atoms with Crippen molar-refractivity contribution in [1.29, 1.82) is 0 Å². The first-order valence-corrected chi connectivity index (χ1v) is 12.2. The SMILES string of the molecule is COc1cc(C(CC(=O)NCCc2ccc(O)cc2)c2c(O)c3ccccc3oc2=O)c(OC)c2c1OCO2. The number of amides is 1. The molecule has 2 heterocycles.